The molecule has 2 amide bonds. The van der Waals surface area contributed by atoms with Crippen LogP contribution in [0.25, 0.3) is 6.08 Å². The summed E-state index contributed by atoms with van der Waals surface area (Å²) in [5.74, 6) is -1.11. The van der Waals surface area contributed by atoms with Crippen molar-refractivity contribution in [3.8, 4) is 0 Å². The number of benzene rings is 2. The Kier molecular flexibility index (Phi) is 7.91. The second-order valence-electron chi connectivity index (χ2n) is 5.98. The molecule has 0 unspecified atom stereocenters. The molecule has 0 atom stereocenters. The molecule has 0 bridgehead atoms. The van der Waals surface area contributed by atoms with Crippen LogP contribution in [0.1, 0.15) is 15.9 Å². The average Bonchev–Trinajstić information content (AvgIpc) is 3.24. The zero-order valence-corrected chi connectivity index (χ0v) is 18.0. The summed E-state index contributed by atoms with van der Waals surface area (Å²) in [6, 6.07) is 16.0. The monoisotopic (exact) mass is 454 g/mol. The lowest BCUT2D eigenvalue weighted by Crippen LogP contribution is -2.17. The second-order valence-corrected chi connectivity index (χ2v) is 8.18. The van der Waals surface area contributed by atoms with Gasteiger partial charge in [-0.1, -0.05) is 65.6 Å². The number of thioether (sulfide) groups is 1. The summed E-state index contributed by atoms with van der Waals surface area (Å²) in [5, 5.41) is 13.5. The Morgan fingerprint density at radius 1 is 1.03 bits per heavy atom. The molecule has 31 heavy (non-hydrogen) atoms. The van der Waals surface area contributed by atoms with Gasteiger partial charge in [0.1, 0.15) is 0 Å². The fraction of sp³-hybridized carbons (Fsp3) is 0.0952. The fourth-order valence-electron chi connectivity index (χ4n) is 2.40. The molecule has 0 aliphatic heterocycles. The van der Waals surface area contributed by atoms with Crippen molar-refractivity contribution in [1.29, 1.82) is 0 Å². The van der Waals surface area contributed by atoms with E-state index >= 15 is 0 Å². The number of amides is 2. The van der Waals surface area contributed by atoms with E-state index in [1.165, 1.54) is 24.9 Å². The van der Waals surface area contributed by atoms with Gasteiger partial charge in [0.15, 0.2) is 4.34 Å². The van der Waals surface area contributed by atoms with Crippen molar-refractivity contribution in [1.82, 2.24) is 10.2 Å². The number of aromatic nitrogens is 2. The number of rotatable bonds is 8. The predicted molar refractivity (Wildman–Crippen MR) is 121 cm³/mol. The number of carbonyl (C=O) groups excluding carboxylic acids is 3. The maximum Gasteiger partial charge on any atom is 0.339 e. The summed E-state index contributed by atoms with van der Waals surface area (Å²) in [6.45, 7) is 0. The van der Waals surface area contributed by atoms with Gasteiger partial charge in [-0.15, -0.1) is 10.2 Å². The molecule has 0 saturated carbocycles. The van der Waals surface area contributed by atoms with Crippen molar-refractivity contribution < 1.29 is 19.1 Å². The van der Waals surface area contributed by atoms with Crippen LogP contribution >= 0.6 is 23.1 Å². The van der Waals surface area contributed by atoms with E-state index in [0.717, 1.165) is 16.9 Å². The average molecular weight is 455 g/mol. The molecule has 0 radical (unpaired) electrons. The van der Waals surface area contributed by atoms with Gasteiger partial charge in [-0.2, -0.15) is 0 Å². The van der Waals surface area contributed by atoms with Gasteiger partial charge in [0, 0.05) is 6.08 Å². The lowest BCUT2D eigenvalue weighted by atomic mass is 10.2. The van der Waals surface area contributed by atoms with Crippen molar-refractivity contribution in [3.63, 3.8) is 0 Å². The van der Waals surface area contributed by atoms with Gasteiger partial charge in [0.05, 0.1) is 24.1 Å². The Hall–Kier alpha value is -3.50. The topological polar surface area (TPSA) is 110 Å². The van der Waals surface area contributed by atoms with E-state index < -0.39 is 5.97 Å². The fourth-order valence-corrected chi connectivity index (χ4v) is 3.95. The van der Waals surface area contributed by atoms with E-state index in [1.54, 1.807) is 30.3 Å². The van der Waals surface area contributed by atoms with Gasteiger partial charge in [-0.05, 0) is 23.8 Å². The Balaban J connectivity index is 1.50. The molecule has 0 saturated heterocycles. The number of nitrogens with zero attached hydrogens (tertiary/aromatic N) is 2. The summed E-state index contributed by atoms with van der Waals surface area (Å²) in [4.78, 5) is 36.0. The molecule has 3 aromatic rings. The largest absolute Gasteiger partial charge is 0.465 e. The quantitative estimate of drug-likeness (QED) is 0.231. The number of carbonyl (C=O) groups is 3. The third-order valence-corrected chi connectivity index (χ3v) is 5.77. The van der Waals surface area contributed by atoms with E-state index in [2.05, 4.69) is 20.8 Å². The molecule has 0 fully saturated rings. The third kappa shape index (κ3) is 6.76. The van der Waals surface area contributed by atoms with Gasteiger partial charge in [0.2, 0.25) is 16.9 Å². The van der Waals surface area contributed by atoms with E-state index in [9.17, 15) is 14.4 Å². The normalized spacial score (nSPS) is 10.6. The zero-order valence-electron chi connectivity index (χ0n) is 16.4. The number of esters is 1. The highest BCUT2D eigenvalue weighted by molar-refractivity contribution is 8.01. The van der Waals surface area contributed by atoms with Gasteiger partial charge in [0.25, 0.3) is 0 Å². The summed E-state index contributed by atoms with van der Waals surface area (Å²) < 4.78 is 5.24. The predicted octanol–water partition coefficient (Wildman–Crippen LogP) is 3.71. The molecule has 1 heterocycles. The number of para-hydroxylation sites is 1. The molecule has 0 aliphatic rings. The first-order valence-electron chi connectivity index (χ1n) is 9.03. The highest BCUT2D eigenvalue weighted by Crippen LogP contribution is 2.26. The number of ether oxygens (including phenoxy) is 1. The van der Waals surface area contributed by atoms with Gasteiger partial charge < -0.3 is 10.1 Å². The molecule has 1 aromatic heterocycles. The van der Waals surface area contributed by atoms with Crippen LogP contribution in [0.2, 0.25) is 0 Å². The van der Waals surface area contributed by atoms with Crippen LogP contribution in [0, 0.1) is 0 Å². The number of hydrogen-bond donors (Lipinski definition) is 2. The van der Waals surface area contributed by atoms with E-state index in [0.29, 0.717) is 15.2 Å². The lowest BCUT2D eigenvalue weighted by Gasteiger charge is -2.08. The summed E-state index contributed by atoms with van der Waals surface area (Å²) >= 11 is 2.34. The zero-order chi connectivity index (χ0) is 22.1. The van der Waals surface area contributed by atoms with E-state index in [4.69, 9.17) is 4.74 Å². The Labute approximate surface area is 186 Å². The van der Waals surface area contributed by atoms with Crippen LogP contribution in [-0.4, -0.2) is 40.8 Å². The molecule has 0 spiro atoms. The number of nitrogens with one attached hydrogen (secondary N) is 2. The van der Waals surface area contributed by atoms with Gasteiger partial charge in [-0.3, -0.25) is 14.9 Å². The first-order chi connectivity index (χ1) is 15.0. The van der Waals surface area contributed by atoms with Crippen LogP contribution in [0.15, 0.2) is 65.0 Å². The standard InChI is InChI=1S/C21H18N4O4S2/c1-29-19(28)15-9-5-6-10-16(15)22-18(27)13-30-21-25-24-20(31-21)23-17(26)12-11-14-7-3-2-4-8-14/h2-12H,13H2,1H3,(H,22,27)(H,23,24,26). The van der Waals surface area contributed by atoms with Gasteiger partial charge >= 0.3 is 5.97 Å². The number of anilines is 2. The highest BCUT2D eigenvalue weighted by Gasteiger charge is 2.14. The highest BCUT2D eigenvalue weighted by atomic mass is 32.2. The Morgan fingerprint density at radius 3 is 2.55 bits per heavy atom. The van der Waals surface area contributed by atoms with E-state index in [-0.39, 0.29) is 23.1 Å². The summed E-state index contributed by atoms with van der Waals surface area (Å²) in [7, 11) is 1.28. The van der Waals surface area contributed by atoms with Crippen LogP contribution in [0.4, 0.5) is 10.8 Å². The van der Waals surface area contributed by atoms with Crippen molar-refractivity contribution in [2.24, 2.45) is 0 Å². The summed E-state index contributed by atoms with van der Waals surface area (Å²) in [6.07, 6.45) is 3.11. The van der Waals surface area contributed by atoms with E-state index in [1.807, 2.05) is 30.3 Å². The minimum Gasteiger partial charge on any atom is -0.465 e. The van der Waals surface area contributed by atoms with Crippen LogP contribution in [0.3, 0.4) is 0 Å². The Morgan fingerprint density at radius 2 is 1.77 bits per heavy atom. The van der Waals surface area contributed by atoms with Crippen LogP contribution < -0.4 is 10.6 Å². The minimum atomic E-state index is -0.533. The SMILES string of the molecule is COC(=O)c1ccccc1NC(=O)CSc1nnc(NC(=O)C=Cc2ccccc2)s1. The molecule has 2 aromatic carbocycles. The number of methoxy groups -OCH3 is 1. The van der Waals surface area contributed by atoms with Gasteiger partial charge in [-0.25, -0.2) is 4.79 Å². The second kappa shape index (κ2) is 11.0. The van der Waals surface area contributed by atoms with Crippen molar-refractivity contribution in [2.75, 3.05) is 23.5 Å². The first kappa shape index (κ1) is 22.2. The molecule has 8 nitrogen and oxygen atoms in total. The first-order valence-corrected chi connectivity index (χ1v) is 10.8. The molecule has 3 rings (SSSR count). The van der Waals surface area contributed by atoms with Crippen molar-refractivity contribution in [3.05, 3.63) is 71.8 Å². The summed E-state index contributed by atoms with van der Waals surface area (Å²) in [5.41, 5.74) is 1.55. The van der Waals surface area contributed by atoms with Crippen molar-refractivity contribution >= 4 is 57.8 Å². The lowest BCUT2D eigenvalue weighted by molar-refractivity contribution is -0.114. The molecular formula is C21H18N4O4S2. The molecular weight excluding hydrogens is 436 g/mol. The van der Waals surface area contributed by atoms with Crippen LogP contribution in [-0.2, 0) is 14.3 Å². The molecule has 10 heteroatoms. The minimum absolute atomic E-state index is 0.0615. The molecule has 158 valence electrons. The van der Waals surface area contributed by atoms with Crippen LogP contribution in [0.5, 0.6) is 0 Å². The third-order valence-electron chi connectivity index (χ3n) is 3.80. The number of hydrogen-bond acceptors (Lipinski definition) is 8. The molecule has 2 N–H and O–H groups in total. The smallest absolute Gasteiger partial charge is 0.339 e. The maximum absolute atomic E-state index is 12.2. The molecule has 0 aliphatic carbocycles. The maximum atomic E-state index is 12.2. The van der Waals surface area contributed by atoms with Crippen molar-refractivity contribution in [2.45, 2.75) is 4.34 Å². The Bertz CT molecular complexity index is 1100.